The van der Waals surface area contributed by atoms with Gasteiger partial charge in [0.05, 0.1) is 6.04 Å². The third-order valence-corrected chi connectivity index (χ3v) is 2.05. The van der Waals surface area contributed by atoms with E-state index in [4.69, 9.17) is 15.0 Å². The Bertz CT molecular complexity index is 297. The molecule has 1 heterocycles. The fraction of sp³-hybridized carbons (Fsp3) is 0.800. The maximum absolute atomic E-state index is 5.64. The highest BCUT2D eigenvalue weighted by Crippen LogP contribution is 2.23. The van der Waals surface area contributed by atoms with Gasteiger partial charge in [0.2, 0.25) is 11.7 Å². The summed E-state index contributed by atoms with van der Waals surface area (Å²) >= 11 is 0. The molecule has 2 N–H and O–H groups in total. The van der Waals surface area contributed by atoms with Crippen LogP contribution in [-0.2, 0) is 4.74 Å². The zero-order valence-electron chi connectivity index (χ0n) is 9.73. The summed E-state index contributed by atoms with van der Waals surface area (Å²) in [5.41, 5.74) is 5.64. The van der Waals surface area contributed by atoms with Gasteiger partial charge < -0.3 is 15.0 Å². The van der Waals surface area contributed by atoms with Crippen molar-refractivity contribution >= 4 is 0 Å². The van der Waals surface area contributed by atoms with Gasteiger partial charge >= 0.3 is 0 Å². The highest BCUT2D eigenvalue weighted by molar-refractivity contribution is 4.95. The molecule has 0 radical (unpaired) electrons. The summed E-state index contributed by atoms with van der Waals surface area (Å²) < 4.78 is 10.6. The Kier molecular flexibility index (Phi) is 4.23. The first kappa shape index (κ1) is 12.1. The molecule has 1 rings (SSSR count). The standard InChI is InChI=1S/C10H19N3O2/c1-5-14-8(6(2)3)9-12-10(7(4)11)15-13-9/h6-8H,5,11H2,1-4H3. The Morgan fingerprint density at radius 1 is 1.40 bits per heavy atom. The highest BCUT2D eigenvalue weighted by Gasteiger charge is 2.22. The minimum Gasteiger partial charge on any atom is -0.370 e. The van der Waals surface area contributed by atoms with Crippen molar-refractivity contribution in [1.82, 2.24) is 10.1 Å². The molecule has 0 bridgehead atoms. The maximum Gasteiger partial charge on any atom is 0.243 e. The molecule has 1 aromatic rings. The third-order valence-electron chi connectivity index (χ3n) is 2.05. The molecule has 5 nitrogen and oxygen atoms in total. The maximum atomic E-state index is 5.64. The molecule has 0 amide bonds. The molecule has 0 aliphatic carbocycles. The molecule has 0 saturated carbocycles. The quantitative estimate of drug-likeness (QED) is 0.807. The lowest BCUT2D eigenvalue weighted by Crippen LogP contribution is -2.13. The van der Waals surface area contributed by atoms with E-state index in [-0.39, 0.29) is 12.1 Å². The first-order valence-electron chi connectivity index (χ1n) is 5.27. The van der Waals surface area contributed by atoms with E-state index in [0.29, 0.717) is 24.2 Å². The lowest BCUT2D eigenvalue weighted by Gasteiger charge is -2.16. The number of rotatable bonds is 5. The van der Waals surface area contributed by atoms with Crippen molar-refractivity contribution in [3.63, 3.8) is 0 Å². The summed E-state index contributed by atoms with van der Waals surface area (Å²) in [6.07, 6.45) is -0.119. The van der Waals surface area contributed by atoms with Gasteiger partial charge in [-0.25, -0.2) is 0 Å². The van der Waals surface area contributed by atoms with Crippen molar-refractivity contribution < 1.29 is 9.26 Å². The van der Waals surface area contributed by atoms with Crippen LogP contribution >= 0.6 is 0 Å². The molecule has 1 aromatic heterocycles. The molecule has 0 aliphatic rings. The molecule has 2 unspecified atom stereocenters. The van der Waals surface area contributed by atoms with Crippen LogP contribution in [-0.4, -0.2) is 16.7 Å². The zero-order chi connectivity index (χ0) is 11.4. The second-order valence-electron chi connectivity index (χ2n) is 3.90. The van der Waals surface area contributed by atoms with Crippen LogP contribution in [0.1, 0.15) is 51.6 Å². The molecule has 5 heteroatoms. The van der Waals surface area contributed by atoms with Gasteiger partial charge in [-0.05, 0) is 19.8 Å². The van der Waals surface area contributed by atoms with Crippen molar-refractivity contribution in [2.75, 3.05) is 6.61 Å². The summed E-state index contributed by atoms with van der Waals surface area (Å²) in [5.74, 6) is 1.35. The number of hydrogen-bond donors (Lipinski definition) is 1. The van der Waals surface area contributed by atoms with Gasteiger partial charge in [0, 0.05) is 6.61 Å². The molecular weight excluding hydrogens is 194 g/mol. The van der Waals surface area contributed by atoms with E-state index in [1.165, 1.54) is 0 Å². The summed E-state index contributed by atoms with van der Waals surface area (Å²) in [5, 5.41) is 3.89. The van der Waals surface area contributed by atoms with E-state index in [9.17, 15) is 0 Å². The molecule has 15 heavy (non-hydrogen) atoms. The van der Waals surface area contributed by atoms with Gasteiger partial charge in [-0.15, -0.1) is 0 Å². The summed E-state index contributed by atoms with van der Waals surface area (Å²) in [4.78, 5) is 4.22. The second kappa shape index (κ2) is 5.23. The minimum absolute atomic E-state index is 0.119. The van der Waals surface area contributed by atoms with E-state index >= 15 is 0 Å². The number of aromatic nitrogens is 2. The number of hydrogen-bond acceptors (Lipinski definition) is 5. The van der Waals surface area contributed by atoms with Crippen molar-refractivity contribution in [2.24, 2.45) is 11.7 Å². The number of nitrogens with two attached hydrogens (primary N) is 1. The zero-order valence-corrected chi connectivity index (χ0v) is 9.73. The fourth-order valence-electron chi connectivity index (χ4n) is 1.29. The third kappa shape index (κ3) is 3.00. The van der Waals surface area contributed by atoms with Gasteiger partial charge in [0.15, 0.2) is 0 Å². The van der Waals surface area contributed by atoms with Crippen molar-refractivity contribution in [1.29, 1.82) is 0 Å². The fourth-order valence-corrected chi connectivity index (χ4v) is 1.29. The normalized spacial score (nSPS) is 15.6. The van der Waals surface area contributed by atoms with E-state index in [2.05, 4.69) is 24.0 Å². The summed E-state index contributed by atoms with van der Waals surface area (Å²) in [7, 11) is 0. The molecule has 0 spiro atoms. The predicted molar refractivity (Wildman–Crippen MR) is 56.1 cm³/mol. The Morgan fingerprint density at radius 2 is 2.07 bits per heavy atom. The molecule has 0 aromatic carbocycles. The van der Waals surface area contributed by atoms with E-state index in [0.717, 1.165) is 0 Å². The van der Waals surface area contributed by atoms with Crippen LogP contribution in [0.2, 0.25) is 0 Å². The number of nitrogens with zero attached hydrogens (tertiary/aromatic N) is 2. The van der Waals surface area contributed by atoms with E-state index in [1.807, 2.05) is 13.8 Å². The highest BCUT2D eigenvalue weighted by atomic mass is 16.5. The lowest BCUT2D eigenvalue weighted by molar-refractivity contribution is 0.0217. The van der Waals surface area contributed by atoms with Gasteiger partial charge in [0.1, 0.15) is 6.10 Å². The van der Waals surface area contributed by atoms with Crippen LogP contribution in [0.25, 0.3) is 0 Å². The minimum atomic E-state index is -0.235. The average Bonchev–Trinajstić information content (AvgIpc) is 2.62. The van der Waals surface area contributed by atoms with Crippen molar-refractivity contribution in [3.05, 3.63) is 11.7 Å². The smallest absolute Gasteiger partial charge is 0.243 e. The molecule has 0 saturated heterocycles. The predicted octanol–water partition coefficient (Wildman–Crippen LogP) is 1.82. The van der Waals surface area contributed by atoms with Crippen LogP contribution in [0.4, 0.5) is 0 Å². The first-order chi connectivity index (χ1) is 7.06. The second-order valence-corrected chi connectivity index (χ2v) is 3.90. The largest absolute Gasteiger partial charge is 0.370 e. The van der Waals surface area contributed by atoms with Crippen molar-refractivity contribution in [3.8, 4) is 0 Å². The molecular formula is C10H19N3O2. The first-order valence-corrected chi connectivity index (χ1v) is 5.27. The van der Waals surface area contributed by atoms with Crippen LogP contribution in [0.5, 0.6) is 0 Å². The molecule has 0 fully saturated rings. The van der Waals surface area contributed by atoms with E-state index in [1.54, 1.807) is 0 Å². The van der Waals surface area contributed by atoms with Crippen LogP contribution in [0.3, 0.4) is 0 Å². The lowest BCUT2D eigenvalue weighted by atomic mass is 10.1. The van der Waals surface area contributed by atoms with Crippen LogP contribution in [0.15, 0.2) is 4.52 Å². The SMILES string of the molecule is CCOC(c1noc(C(C)N)n1)C(C)C. The topological polar surface area (TPSA) is 74.2 Å². The van der Waals surface area contributed by atoms with Gasteiger partial charge in [0.25, 0.3) is 0 Å². The molecule has 86 valence electrons. The van der Waals surface area contributed by atoms with Gasteiger partial charge in [-0.3, -0.25) is 0 Å². The van der Waals surface area contributed by atoms with Gasteiger partial charge in [-0.2, -0.15) is 4.98 Å². The molecule has 0 aliphatic heterocycles. The molecule has 2 atom stereocenters. The Morgan fingerprint density at radius 3 is 2.47 bits per heavy atom. The van der Waals surface area contributed by atoms with E-state index < -0.39 is 0 Å². The Hall–Kier alpha value is -0.940. The van der Waals surface area contributed by atoms with Crippen molar-refractivity contribution in [2.45, 2.75) is 39.8 Å². The van der Waals surface area contributed by atoms with Gasteiger partial charge in [-0.1, -0.05) is 19.0 Å². The summed E-state index contributed by atoms with van der Waals surface area (Å²) in [6, 6.07) is -0.235. The van der Waals surface area contributed by atoms with Crippen LogP contribution < -0.4 is 5.73 Å². The summed E-state index contributed by atoms with van der Waals surface area (Å²) in [6.45, 7) is 8.50. The Balaban J connectivity index is 2.81. The number of ether oxygens (including phenoxy) is 1. The van der Waals surface area contributed by atoms with Crippen LogP contribution in [0, 0.1) is 5.92 Å². The average molecular weight is 213 g/mol. The monoisotopic (exact) mass is 213 g/mol. The Labute approximate surface area is 90.0 Å².